The van der Waals surface area contributed by atoms with Crippen molar-refractivity contribution < 1.29 is 9.18 Å². The molecule has 1 atom stereocenters. The quantitative estimate of drug-likeness (QED) is 0.843. The van der Waals surface area contributed by atoms with E-state index in [1.165, 1.54) is 12.1 Å². The molecule has 3 nitrogen and oxygen atoms in total. The van der Waals surface area contributed by atoms with Gasteiger partial charge in [-0.15, -0.1) is 0 Å². The van der Waals surface area contributed by atoms with Crippen LogP contribution in [0.4, 0.5) is 10.1 Å². The van der Waals surface area contributed by atoms with E-state index in [4.69, 9.17) is 5.73 Å². The Labute approximate surface area is 117 Å². The number of carbonyl (C=O) groups is 1. The molecular formula is C16H17FN2O. The molecule has 2 rings (SSSR count). The summed E-state index contributed by atoms with van der Waals surface area (Å²) in [5.41, 5.74) is 7.85. The average molecular weight is 272 g/mol. The average Bonchev–Trinajstić information content (AvgIpc) is 2.38. The summed E-state index contributed by atoms with van der Waals surface area (Å²) < 4.78 is 13.7. The summed E-state index contributed by atoms with van der Waals surface area (Å²) in [7, 11) is 0. The molecule has 0 saturated heterocycles. The molecule has 104 valence electrons. The van der Waals surface area contributed by atoms with Crippen molar-refractivity contribution in [3.8, 4) is 0 Å². The second-order valence-electron chi connectivity index (χ2n) is 4.85. The van der Waals surface area contributed by atoms with E-state index >= 15 is 0 Å². The molecule has 1 amide bonds. The molecule has 0 aliphatic rings. The van der Waals surface area contributed by atoms with E-state index in [9.17, 15) is 9.18 Å². The Balaban J connectivity index is 2.15. The zero-order chi connectivity index (χ0) is 14.7. The Morgan fingerprint density at radius 3 is 2.65 bits per heavy atom. The highest BCUT2D eigenvalue weighted by Gasteiger charge is 2.15. The van der Waals surface area contributed by atoms with Crippen LogP contribution in [0.15, 0.2) is 42.5 Å². The number of aryl methyl sites for hydroxylation is 1. The van der Waals surface area contributed by atoms with Gasteiger partial charge in [-0.05, 0) is 37.6 Å². The van der Waals surface area contributed by atoms with E-state index in [1.807, 2.05) is 38.1 Å². The van der Waals surface area contributed by atoms with Gasteiger partial charge in [0.1, 0.15) is 5.82 Å². The number of halogens is 1. The minimum Gasteiger partial charge on any atom is -0.399 e. The van der Waals surface area contributed by atoms with E-state index in [0.717, 1.165) is 17.2 Å². The maximum atomic E-state index is 13.7. The number of benzene rings is 2. The highest BCUT2D eigenvalue weighted by atomic mass is 19.1. The van der Waals surface area contributed by atoms with Gasteiger partial charge in [-0.2, -0.15) is 0 Å². The van der Waals surface area contributed by atoms with Crippen LogP contribution in [0.1, 0.15) is 34.5 Å². The molecule has 0 bridgehead atoms. The Morgan fingerprint density at radius 1 is 1.25 bits per heavy atom. The second kappa shape index (κ2) is 5.74. The predicted molar refractivity (Wildman–Crippen MR) is 77.9 cm³/mol. The lowest BCUT2D eigenvalue weighted by Crippen LogP contribution is -2.27. The fraction of sp³-hybridized carbons (Fsp3) is 0.188. The normalized spacial score (nSPS) is 11.9. The zero-order valence-corrected chi connectivity index (χ0v) is 11.5. The Bertz CT molecular complexity index is 640. The van der Waals surface area contributed by atoms with Crippen molar-refractivity contribution in [2.45, 2.75) is 19.9 Å². The number of hydrogen-bond donors (Lipinski definition) is 2. The van der Waals surface area contributed by atoms with Crippen molar-refractivity contribution in [2.75, 3.05) is 5.73 Å². The van der Waals surface area contributed by atoms with Crippen LogP contribution >= 0.6 is 0 Å². The van der Waals surface area contributed by atoms with Crippen LogP contribution in [0.25, 0.3) is 0 Å². The first-order valence-electron chi connectivity index (χ1n) is 6.40. The van der Waals surface area contributed by atoms with E-state index in [2.05, 4.69) is 5.32 Å². The van der Waals surface area contributed by atoms with E-state index in [-0.39, 0.29) is 11.6 Å². The Hall–Kier alpha value is -2.36. The van der Waals surface area contributed by atoms with Crippen LogP contribution in [0.2, 0.25) is 0 Å². The number of hydrogen-bond acceptors (Lipinski definition) is 2. The minimum absolute atomic E-state index is 0.00120. The second-order valence-corrected chi connectivity index (χ2v) is 4.85. The molecule has 3 N–H and O–H groups in total. The standard InChI is InChI=1S/C16H17FN2O/c1-10-4-3-5-12(8-10)11(2)19-16(20)14-7-6-13(18)9-15(14)17/h3-9,11H,18H2,1-2H3,(H,19,20)/t11-/m1/s1. The van der Waals surface area contributed by atoms with Crippen molar-refractivity contribution in [2.24, 2.45) is 0 Å². The van der Waals surface area contributed by atoms with Crippen LogP contribution < -0.4 is 11.1 Å². The lowest BCUT2D eigenvalue weighted by Gasteiger charge is -2.15. The van der Waals surface area contributed by atoms with Gasteiger partial charge in [-0.25, -0.2) is 4.39 Å². The number of anilines is 1. The first-order valence-corrected chi connectivity index (χ1v) is 6.40. The van der Waals surface area contributed by atoms with Crippen molar-refractivity contribution in [1.82, 2.24) is 5.32 Å². The fourth-order valence-electron chi connectivity index (χ4n) is 2.01. The van der Waals surface area contributed by atoms with Crippen molar-refractivity contribution in [1.29, 1.82) is 0 Å². The summed E-state index contributed by atoms with van der Waals surface area (Å²) in [6.45, 7) is 3.85. The van der Waals surface area contributed by atoms with Gasteiger partial charge in [0, 0.05) is 5.69 Å². The van der Waals surface area contributed by atoms with Gasteiger partial charge >= 0.3 is 0 Å². The van der Waals surface area contributed by atoms with Gasteiger partial charge in [-0.1, -0.05) is 29.8 Å². The third-order valence-corrected chi connectivity index (χ3v) is 3.13. The topological polar surface area (TPSA) is 55.1 Å². The molecular weight excluding hydrogens is 255 g/mol. The van der Waals surface area contributed by atoms with E-state index in [0.29, 0.717) is 5.69 Å². The molecule has 0 saturated carbocycles. The summed E-state index contributed by atoms with van der Waals surface area (Å²) in [4.78, 5) is 12.1. The number of nitrogens with one attached hydrogen (secondary N) is 1. The predicted octanol–water partition coefficient (Wildman–Crippen LogP) is 3.21. The summed E-state index contributed by atoms with van der Waals surface area (Å²) in [5.74, 6) is -1.06. The number of nitrogens with two attached hydrogens (primary N) is 1. The molecule has 0 heterocycles. The molecule has 0 fully saturated rings. The molecule has 2 aromatic carbocycles. The monoisotopic (exact) mass is 272 g/mol. The third-order valence-electron chi connectivity index (χ3n) is 3.13. The van der Waals surface area contributed by atoms with Gasteiger partial charge in [0.15, 0.2) is 0 Å². The Kier molecular flexibility index (Phi) is 4.03. The molecule has 0 aliphatic heterocycles. The number of carbonyl (C=O) groups excluding carboxylic acids is 1. The molecule has 0 unspecified atom stereocenters. The molecule has 0 aromatic heterocycles. The van der Waals surface area contributed by atoms with E-state index in [1.54, 1.807) is 0 Å². The van der Waals surface area contributed by atoms with Crippen LogP contribution in [-0.4, -0.2) is 5.91 Å². The maximum Gasteiger partial charge on any atom is 0.254 e. The Morgan fingerprint density at radius 2 is 2.00 bits per heavy atom. The lowest BCUT2D eigenvalue weighted by molar-refractivity contribution is 0.0936. The molecule has 0 radical (unpaired) electrons. The highest BCUT2D eigenvalue weighted by Crippen LogP contribution is 2.16. The van der Waals surface area contributed by atoms with Crippen molar-refractivity contribution in [3.63, 3.8) is 0 Å². The maximum absolute atomic E-state index is 13.7. The van der Waals surface area contributed by atoms with Crippen molar-refractivity contribution >= 4 is 11.6 Å². The largest absolute Gasteiger partial charge is 0.399 e. The van der Waals surface area contributed by atoms with Gasteiger partial charge in [-0.3, -0.25) is 4.79 Å². The number of amides is 1. The molecule has 20 heavy (non-hydrogen) atoms. The molecule has 0 aliphatic carbocycles. The first kappa shape index (κ1) is 14.1. The summed E-state index contributed by atoms with van der Waals surface area (Å²) in [5, 5.41) is 2.78. The SMILES string of the molecule is Cc1cccc([C@@H](C)NC(=O)c2ccc(N)cc2F)c1. The van der Waals surface area contributed by atoms with Gasteiger partial charge in [0.05, 0.1) is 11.6 Å². The summed E-state index contributed by atoms with van der Waals surface area (Å²) >= 11 is 0. The van der Waals surface area contributed by atoms with Crippen LogP contribution in [0.3, 0.4) is 0 Å². The highest BCUT2D eigenvalue weighted by molar-refractivity contribution is 5.95. The van der Waals surface area contributed by atoms with Gasteiger partial charge in [0.2, 0.25) is 0 Å². The van der Waals surface area contributed by atoms with Crippen LogP contribution in [-0.2, 0) is 0 Å². The zero-order valence-electron chi connectivity index (χ0n) is 11.5. The lowest BCUT2D eigenvalue weighted by atomic mass is 10.1. The smallest absolute Gasteiger partial charge is 0.254 e. The molecule has 0 spiro atoms. The van der Waals surface area contributed by atoms with Crippen LogP contribution in [0.5, 0.6) is 0 Å². The molecule has 4 heteroatoms. The number of nitrogen functional groups attached to an aromatic ring is 1. The van der Waals surface area contributed by atoms with Gasteiger partial charge in [0.25, 0.3) is 5.91 Å². The van der Waals surface area contributed by atoms with Gasteiger partial charge < -0.3 is 11.1 Å². The third kappa shape index (κ3) is 3.15. The van der Waals surface area contributed by atoms with E-state index < -0.39 is 11.7 Å². The minimum atomic E-state index is -0.612. The van der Waals surface area contributed by atoms with Crippen molar-refractivity contribution in [3.05, 3.63) is 65.0 Å². The summed E-state index contributed by atoms with van der Waals surface area (Å²) in [6.07, 6.45) is 0. The number of rotatable bonds is 3. The first-order chi connectivity index (χ1) is 9.47. The fourth-order valence-corrected chi connectivity index (χ4v) is 2.01. The molecule has 2 aromatic rings. The summed E-state index contributed by atoms with van der Waals surface area (Å²) in [6, 6.07) is 11.7. The van der Waals surface area contributed by atoms with Crippen LogP contribution in [0, 0.1) is 12.7 Å².